The van der Waals surface area contributed by atoms with Gasteiger partial charge in [-0.05, 0) is 50.3 Å². The summed E-state index contributed by atoms with van der Waals surface area (Å²) in [6.07, 6.45) is 3.19. The lowest BCUT2D eigenvalue weighted by atomic mass is 9.75. The van der Waals surface area contributed by atoms with Crippen molar-refractivity contribution in [3.8, 4) is 0 Å². The fraction of sp³-hybridized carbons (Fsp3) is 0.619. The van der Waals surface area contributed by atoms with Crippen molar-refractivity contribution in [1.82, 2.24) is 9.96 Å². The molecule has 1 aromatic rings. The van der Waals surface area contributed by atoms with E-state index in [1.165, 1.54) is 12.1 Å². The number of halogens is 1. The zero-order chi connectivity index (χ0) is 20.0. The normalized spacial score (nSPS) is 23.0. The van der Waals surface area contributed by atoms with Crippen LogP contribution in [-0.4, -0.2) is 61.2 Å². The highest BCUT2D eigenvalue weighted by molar-refractivity contribution is 5.81. The largest absolute Gasteiger partial charge is 0.466 e. The first-order chi connectivity index (χ1) is 13.5. The number of hydroxylamine groups is 2. The van der Waals surface area contributed by atoms with Gasteiger partial charge in [-0.25, -0.2) is 4.39 Å². The third-order valence-electron chi connectivity index (χ3n) is 5.49. The maximum atomic E-state index is 13.3. The second-order valence-electron chi connectivity index (χ2n) is 7.59. The summed E-state index contributed by atoms with van der Waals surface area (Å²) in [6.45, 7) is 5.19. The van der Waals surface area contributed by atoms with Crippen LogP contribution in [0.5, 0.6) is 0 Å². The molecular weight excluding hydrogens is 363 g/mol. The van der Waals surface area contributed by atoms with E-state index in [1.807, 2.05) is 5.06 Å². The number of carbonyl (C=O) groups is 2. The highest BCUT2D eigenvalue weighted by Crippen LogP contribution is 2.35. The molecule has 2 fully saturated rings. The first kappa shape index (κ1) is 20.7. The average Bonchev–Trinajstić information content (AvgIpc) is 3.22. The summed E-state index contributed by atoms with van der Waals surface area (Å²) in [5.41, 5.74) is 0.0838. The first-order valence-corrected chi connectivity index (χ1v) is 10.1. The molecule has 154 valence electrons. The predicted molar refractivity (Wildman–Crippen MR) is 102 cm³/mol. The van der Waals surface area contributed by atoms with Crippen LogP contribution in [0.2, 0.25) is 0 Å². The van der Waals surface area contributed by atoms with Gasteiger partial charge in [-0.3, -0.25) is 14.4 Å². The van der Waals surface area contributed by atoms with E-state index in [-0.39, 0.29) is 17.7 Å². The lowest BCUT2D eigenvalue weighted by molar-refractivity contribution is -0.161. The minimum Gasteiger partial charge on any atom is -0.466 e. The van der Waals surface area contributed by atoms with E-state index < -0.39 is 5.41 Å². The van der Waals surface area contributed by atoms with Gasteiger partial charge < -0.3 is 9.64 Å². The molecule has 1 aromatic carbocycles. The summed E-state index contributed by atoms with van der Waals surface area (Å²) in [7, 11) is 0. The molecule has 0 radical (unpaired) electrons. The van der Waals surface area contributed by atoms with E-state index in [0.29, 0.717) is 52.1 Å². The SMILES string of the molecule is CCOC(=O)C1(Cc2ccc(F)cc2)CCCN(C(=O)CCN2CCCO2)C1. The van der Waals surface area contributed by atoms with Gasteiger partial charge in [0.15, 0.2) is 0 Å². The number of hydrogen-bond acceptors (Lipinski definition) is 5. The molecule has 3 rings (SSSR count). The number of carbonyl (C=O) groups excluding carboxylic acids is 2. The van der Waals surface area contributed by atoms with Crippen LogP contribution < -0.4 is 0 Å². The smallest absolute Gasteiger partial charge is 0.314 e. The van der Waals surface area contributed by atoms with Crippen LogP contribution in [0.25, 0.3) is 0 Å². The van der Waals surface area contributed by atoms with Crippen molar-refractivity contribution in [2.75, 3.05) is 39.4 Å². The summed E-state index contributed by atoms with van der Waals surface area (Å²) < 4.78 is 18.6. The van der Waals surface area contributed by atoms with Crippen molar-refractivity contribution in [3.05, 3.63) is 35.6 Å². The number of benzene rings is 1. The molecule has 6 nitrogen and oxygen atoms in total. The van der Waals surface area contributed by atoms with E-state index in [2.05, 4.69) is 0 Å². The molecule has 2 aliphatic rings. The molecule has 0 saturated carbocycles. The Morgan fingerprint density at radius 3 is 2.68 bits per heavy atom. The zero-order valence-electron chi connectivity index (χ0n) is 16.5. The summed E-state index contributed by atoms with van der Waals surface area (Å²) in [4.78, 5) is 32.9. The Labute approximate surface area is 165 Å². The van der Waals surface area contributed by atoms with Gasteiger partial charge in [0.2, 0.25) is 5.91 Å². The predicted octanol–water partition coefficient (Wildman–Crippen LogP) is 2.57. The molecule has 0 bridgehead atoms. The Hall–Kier alpha value is -1.99. The monoisotopic (exact) mass is 392 g/mol. The van der Waals surface area contributed by atoms with Crippen molar-refractivity contribution >= 4 is 11.9 Å². The number of ether oxygens (including phenoxy) is 1. The third kappa shape index (κ3) is 5.08. The fourth-order valence-electron chi connectivity index (χ4n) is 4.06. The number of rotatable bonds is 7. The molecule has 2 aliphatic heterocycles. The van der Waals surface area contributed by atoms with E-state index in [9.17, 15) is 14.0 Å². The molecule has 1 amide bonds. The third-order valence-corrected chi connectivity index (χ3v) is 5.49. The summed E-state index contributed by atoms with van der Waals surface area (Å²) in [5, 5.41) is 1.83. The topological polar surface area (TPSA) is 59.1 Å². The minimum absolute atomic E-state index is 0.0305. The molecule has 1 unspecified atom stereocenters. The summed E-state index contributed by atoms with van der Waals surface area (Å²) in [5.74, 6) is -0.554. The maximum Gasteiger partial charge on any atom is 0.314 e. The standard InChI is InChI=1S/C21H29FN2O4/c1-2-27-20(26)21(15-17-5-7-18(22)8-6-17)10-3-11-23(16-21)19(25)9-13-24-12-4-14-28-24/h5-8H,2-4,9-16H2,1H3. The number of esters is 1. The van der Waals surface area contributed by atoms with Crippen molar-refractivity contribution < 1.29 is 23.6 Å². The van der Waals surface area contributed by atoms with Crippen LogP contribution in [0.4, 0.5) is 4.39 Å². The highest BCUT2D eigenvalue weighted by atomic mass is 19.1. The number of likely N-dealkylation sites (tertiary alicyclic amines) is 1. The van der Waals surface area contributed by atoms with Gasteiger partial charge in [0.05, 0.1) is 18.6 Å². The Morgan fingerprint density at radius 2 is 2.00 bits per heavy atom. The molecule has 7 heteroatoms. The van der Waals surface area contributed by atoms with Crippen molar-refractivity contribution in [2.45, 2.75) is 39.0 Å². The van der Waals surface area contributed by atoms with Crippen LogP contribution in [0.1, 0.15) is 38.2 Å². The average molecular weight is 392 g/mol. The second kappa shape index (κ2) is 9.47. The van der Waals surface area contributed by atoms with Crippen molar-refractivity contribution in [3.63, 3.8) is 0 Å². The maximum absolute atomic E-state index is 13.3. The van der Waals surface area contributed by atoms with Gasteiger partial charge in [0.25, 0.3) is 0 Å². The van der Waals surface area contributed by atoms with Crippen LogP contribution in [0.15, 0.2) is 24.3 Å². The lowest BCUT2D eigenvalue weighted by Crippen LogP contribution is -2.52. The Balaban J connectivity index is 1.70. The first-order valence-electron chi connectivity index (χ1n) is 10.1. The molecule has 0 N–H and O–H groups in total. The second-order valence-corrected chi connectivity index (χ2v) is 7.59. The number of piperidine rings is 1. The van der Waals surface area contributed by atoms with Crippen LogP contribution in [0, 0.1) is 11.2 Å². The summed E-state index contributed by atoms with van der Waals surface area (Å²) in [6, 6.07) is 6.19. The number of nitrogens with zero attached hydrogens (tertiary/aromatic N) is 2. The lowest BCUT2D eigenvalue weighted by Gasteiger charge is -2.41. The minimum atomic E-state index is -0.786. The highest BCUT2D eigenvalue weighted by Gasteiger charge is 2.44. The van der Waals surface area contributed by atoms with Crippen LogP contribution in [0.3, 0.4) is 0 Å². The van der Waals surface area contributed by atoms with Gasteiger partial charge >= 0.3 is 5.97 Å². The van der Waals surface area contributed by atoms with E-state index in [0.717, 1.165) is 24.9 Å². The molecule has 0 spiro atoms. The van der Waals surface area contributed by atoms with E-state index in [4.69, 9.17) is 9.57 Å². The van der Waals surface area contributed by atoms with Gasteiger partial charge in [-0.2, -0.15) is 5.06 Å². The molecule has 0 aliphatic carbocycles. The fourth-order valence-corrected chi connectivity index (χ4v) is 4.06. The molecule has 0 aromatic heterocycles. The molecular formula is C21H29FN2O4. The van der Waals surface area contributed by atoms with Crippen molar-refractivity contribution in [1.29, 1.82) is 0 Å². The zero-order valence-corrected chi connectivity index (χ0v) is 16.5. The van der Waals surface area contributed by atoms with Gasteiger partial charge in [-0.15, -0.1) is 0 Å². The van der Waals surface area contributed by atoms with Gasteiger partial charge in [0, 0.05) is 32.6 Å². The quantitative estimate of drug-likeness (QED) is 0.668. The van der Waals surface area contributed by atoms with E-state index in [1.54, 1.807) is 24.0 Å². The molecule has 2 saturated heterocycles. The van der Waals surface area contributed by atoms with Gasteiger partial charge in [-0.1, -0.05) is 12.1 Å². The number of hydrogen-bond donors (Lipinski definition) is 0. The Morgan fingerprint density at radius 1 is 1.21 bits per heavy atom. The van der Waals surface area contributed by atoms with Crippen LogP contribution in [-0.2, 0) is 25.6 Å². The Kier molecular flexibility index (Phi) is 7.02. The molecule has 28 heavy (non-hydrogen) atoms. The molecule has 2 heterocycles. The number of amides is 1. The Bertz CT molecular complexity index is 675. The van der Waals surface area contributed by atoms with Crippen LogP contribution >= 0.6 is 0 Å². The van der Waals surface area contributed by atoms with Crippen molar-refractivity contribution in [2.24, 2.45) is 5.41 Å². The molecule has 1 atom stereocenters. The summed E-state index contributed by atoms with van der Waals surface area (Å²) >= 11 is 0. The van der Waals surface area contributed by atoms with Gasteiger partial charge in [0.1, 0.15) is 5.82 Å². The van der Waals surface area contributed by atoms with E-state index >= 15 is 0 Å².